The van der Waals surface area contributed by atoms with E-state index in [1.54, 1.807) is 0 Å². The third-order valence-corrected chi connectivity index (χ3v) is 4.80. The number of aryl methyl sites for hydroxylation is 2. The lowest BCUT2D eigenvalue weighted by Gasteiger charge is -2.05. The maximum Gasteiger partial charge on any atom is 0.285 e. The van der Waals surface area contributed by atoms with Crippen molar-refractivity contribution in [2.75, 3.05) is 5.32 Å². The number of nitrogens with one attached hydrogen (secondary N) is 1. The molecule has 0 aliphatic rings. The van der Waals surface area contributed by atoms with Crippen molar-refractivity contribution in [2.45, 2.75) is 20.4 Å². The molecule has 1 N–H and O–H groups in total. The molecule has 0 fully saturated rings. The van der Waals surface area contributed by atoms with Gasteiger partial charge in [-0.15, -0.1) is 11.3 Å². The zero-order valence-electron chi connectivity index (χ0n) is 14.6. The van der Waals surface area contributed by atoms with Gasteiger partial charge in [0.05, 0.1) is 16.8 Å². The lowest BCUT2D eigenvalue weighted by atomic mass is 10.1. The summed E-state index contributed by atoms with van der Waals surface area (Å²) in [7, 11) is 0. The monoisotopic (exact) mass is 384 g/mol. The zero-order chi connectivity index (χ0) is 19.6. The highest BCUT2D eigenvalue weighted by atomic mass is 32.1. The number of carbonyl (C=O) groups is 1. The van der Waals surface area contributed by atoms with Crippen molar-refractivity contribution in [1.82, 2.24) is 9.55 Å². The molecular weight excluding hydrogens is 368 g/mol. The molecule has 0 spiro atoms. The van der Waals surface area contributed by atoms with E-state index in [9.17, 15) is 19.7 Å². The molecule has 0 radical (unpaired) electrons. The molecule has 0 aliphatic heterocycles. The van der Waals surface area contributed by atoms with E-state index < -0.39 is 16.4 Å². The molecule has 0 aliphatic carbocycles. The van der Waals surface area contributed by atoms with Gasteiger partial charge in [-0.05, 0) is 31.0 Å². The van der Waals surface area contributed by atoms with Crippen LogP contribution in [0.4, 0.5) is 10.8 Å². The molecule has 2 aromatic heterocycles. The van der Waals surface area contributed by atoms with E-state index in [0.717, 1.165) is 39.7 Å². The summed E-state index contributed by atoms with van der Waals surface area (Å²) in [5.41, 5.74) is 3.27. The van der Waals surface area contributed by atoms with E-state index in [2.05, 4.69) is 10.3 Å². The summed E-state index contributed by atoms with van der Waals surface area (Å²) < 4.78 is 0.991. The molecule has 0 atom stereocenters. The summed E-state index contributed by atoms with van der Waals surface area (Å²) in [5, 5.41) is 15.7. The predicted octanol–water partition coefficient (Wildman–Crippen LogP) is 3.14. The maximum atomic E-state index is 12.2. The fourth-order valence-corrected chi connectivity index (χ4v) is 3.16. The van der Waals surface area contributed by atoms with E-state index in [0.29, 0.717) is 5.13 Å². The van der Waals surface area contributed by atoms with E-state index in [-0.39, 0.29) is 12.2 Å². The standard InChI is InChI=1S/C18H16N4O4S/c1-11-3-4-13(7-12(11)2)15-10-27-18(19-15)20-16(23)9-21-8-14(22(25)26)5-6-17(21)24/h3-8,10H,9H2,1-2H3,(H,19,20,23). The number of rotatable bonds is 5. The Kier molecular flexibility index (Phi) is 5.13. The van der Waals surface area contributed by atoms with E-state index in [1.165, 1.54) is 16.9 Å². The average molecular weight is 384 g/mol. The Morgan fingerprint density at radius 3 is 2.74 bits per heavy atom. The SMILES string of the molecule is Cc1ccc(-c2csc(NC(=O)Cn3cc([N+](=O)[O-])ccc3=O)n2)cc1C. The largest absolute Gasteiger partial charge is 0.300 e. The van der Waals surface area contributed by atoms with E-state index in [1.807, 2.05) is 37.4 Å². The molecule has 1 aromatic carbocycles. The smallest absolute Gasteiger partial charge is 0.285 e. The molecule has 138 valence electrons. The number of nitro groups is 1. The lowest BCUT2D eigenvalue weighted by Crippen LogP contribution is -2.26. The van der Waals surface area contributed by atoms with Crippen LogP contribution in [0.1, 0.15) is 11.1 Å². The number of benzene rings is 1. The molecular formula is C18H16N4O4S. The normalized spacial score (nSPS) is 10.6. The number of anilines is 1. The highest BCUT2D eigenvalue weighted by molar-refractivity contribution is 7.14. The molecule has 3 aromatic rings. The first-order valence-corrected chi connectivity index (χ1v) is 8.89. The summed E-state index contributed by atoms with van der Waals surface area (Å²) >= 11 is 1.27. The van der Waals surface area contributed by atoms with Crippen LogP contribution in [-0.4, -0.2) is 20.4 Å². The van der Waals surface area contributed by atoms with Crippen molar-refractivity contribution < 1.29 is 9.72 Å². The first-order valence-electron chi connectivity index (χ1n) is 8.01. The van der Waals surface area contributed by atoms with Crippen LogP contribution in [0, 0.1) is 24.0 Å². The molecule has 8 nitrogen and oxygen atoms in total. The van der Waals surface area contributed by atoms with Gasteiger partial charge in [0, 0.05) is 23.1 Å². The summed E-state index contributed by atoms with van der Waals surface area (Å²) in [6, 6.07) is 8.17. The van der Waals surface area contributed by atoms with Gasteiger partial charge in [0.2, 0.25) is 5.91 Å². The van der Waals surface area contributed by atoms with Crippen molar-refractivity contribution in [1.29, 1.82) is 0 Å². The van der Waals surface area contributed by atoms with Crippen LogP contribution in [-0.2, 0) is 11.3 Å². The van der Waals surface area contributed by atoms with Gasteiger partial charge < -0.3 is 5.32 Å². The molecule has 0 bridgehead atoms. The van der Waals surface area contributed by atoms with Crippen molar-refractivity contribution in [3.05, 3.63) is 73.5 Å². The second kappa shape index (κ2) is 7.50. The number of aromatic nitrogens is 2. The molecule has 1 amide bonds. The fourth-order valence-electron chi connectivity index (χ4n) is 2.43. The molecule has 9 heteroatoms. The second-order valence-corrected chi connectivity index (χ2v) is 6.85. The van der Waals surface area contributed by atoms with Crippen LogP contribution in [0.2, 0.25) is 0 Å². The summed E-state index contributed by atoms with van der Waals surface area (Å²) in [6.07, 6.45) is 1.05. The predicted molar refractivity (Wildman–Crippen MR) is 103 cm³/mol. The Bertz CT molecular complexity index is 1090. The Morgan fingerprint density at radius 2 is 2.04 bits per heavy atom. The van der Waals surface area contributed by atoms with Gasteiger partial charge in [-0.25, -0.2) is 4.98 Å². The summed E-state index contributed by atoms with van der Waals surface area (Å²) in [4.78, 5) is 38.5. The van der Waals surface area contributed by atoms with Crippen LogP contribution in [0.3, 0.4) is 0 Å². The minimum atomic E-state index is -0.621. The minimum Gasteiger partial charge on any atom is -0.300 e. The molecule has 0 saturated carbocycles. The van der Waals surface area contributed by atoms with Crippen molar-refractivity contribution >= 4 is 28.1 Å². The van der Waals surface area contributed by atoms with Crippen LogP contribution in [0.15, 0.2) is 46.7 Å². The Morgan fingerprint density at radius 1 is 1.26 bits per heavy atom. The van der Waals surface area contributed by atoms with Crippen LogP contribution < -0.4 is 10.9 Å². The number of amides is 1. The van der Waals surface area contributed by atoms with E-state index in [4.69, 9.17) is 0 Å². The first kappa shape index (κ1) is 18.5. The van der Waals surface area contributed by atoms with Gasteiger partial charge >= 0.3 is 0 Å². The molecule has 2 heterocycles. The number of hydrogen-bond donors (Lipinski definition) is 1. The molecule has 0 saturated heterocycles. The van der Waals surface area contributed by atoms with Gasteiger partial charge in [0.15, 0.2) is 5.13 Å². The van der Waals surface area contributed by atoms with Crippen molar-refractivity contribution in [3.8, 4) is 11.3 Å². The van der Waals surface area contributed by atoms with Gasteiger partial charge in [0.25, 0.3) is 11.2 Å². The summed E-state index contributed by atoms with van der Waals surface area (Å²) in [6.45, 7) is 3.71. The quantitative estimate of drug-likeness (QED) is 0.537. The Hall–Kier alpha value is -3.33. The number of carbonyl (C=O) groups excluding carboxylic acids is 1. The third-order valence-electron chi connectivity index (χ3n) is 4.05. The summed E-state index contributed by atoms with van der Waals surface area (Å²) in [5.74, 6) is -0.487. The second-order valence-electron chi connectivity index (χ2n) is 6.00. The number of pyridine rings is 1. The Balaban J connectivity index is 1.73. The average Bonchev–Trinajstić information content (AvgIpc) is 3.07. The van der Waals surface area contributed by atoms with Crippen LogP contribution in [0.5, 0.6) is 0 Å². The first-order chi connectivity index (χ1) is 12.8. The van der Waals surface area contributed by atoms with E-state index >= 15 is 0 Å². The Labute approximate surface area is 158 Å². The highest BCUT2D eigenvalue weighted by Crippen LogP contribution is 2.26. The topological polar surface area (TPSA) is 107 Å². The molecule has 0 unspecified atom stereocenters. The number of nitrogens with zero attached hydrogens (tertiary/aromatic N) is 3. The molecule has 27 heavy (non-hydrogen) atoms. The van der Waals surface area contributed by atoms with Gasteiger partial charge in [-0.3, -0.25) is 24.3 Å². The van der Waals surface area contributed by atoms with Crippen molar-refractivity contribution in [2.24, 2.45) is 0 Å². The minimum absolute atomic E-state index is 0.256. The van der Waals surface area contributed by atoms with Gasteiger partial charge in [-0.1, -0.05) is 12.1 Å². The maximum absolute atomic E-state index is 12.2. The van der Waals surface area contributed by atoms with Gasteiger partial charge in [-0.2, -0.15) is 0 Å². The van der Waals surface area contributed by atoms with Crippen molar-refractivity contribution in [3.63, 3.8) is 0 Å². The van der Waals surface area contributed by atoms with Crippen LogP contribution in [0.25, 0.3) is 11.3 Å². The number of thiazole rings is 1. The fraction of sp³-hybridized carbons (Fsp3) is 0.167. The lowest BCUT2D eigenvalue weighted by molar-refractivity contribution is -0.385. The zero-order valence-corrected chi connectivity index (χ0v) is 15.4. The number of hydrogen-bond acceptors (Lipinski definition) is 6. The highest BCUT2D eigenvalue weighted by Gasteiger charge is 2.13. The van der Waals surface area contributed by atoms with Crippen LogP contribution >= 0.6 is 11.3 Å². The third kappa shape index (κ3) is 4.26. The molecule has 3 rings (SSSR count). The van der Waals surface area contributed by atoms with Gasteiger partial charge in [0.1, 0.15) is 6.54 Å².